The van der Waals surface area contributed by atoms with E-state index in [-0.39, 0.29) is 5.56 Å². The van der Waals surface area contributed by atoms with Gasteiger partial charge in [-0.3, -0.25) is 4.79 Å². The van der Waals surface area contributed by atoms with Crippen molar-refractivity contribution >= 4 is 5.69 Å². The number of aromatic nitrogens is 2. The van der Waals surface area contributed by atoms with Crippen molar-refractivity contribution in [2.24, 2.45) is 5.92 Å². The van der Waals surface area contributed by atoms with Gasteiger partial charge in [0.25, 0.3) is 5.56 Å². The molecule has 2 heterocycles. The Morgan fingerprint density at radius 3 is 2.71 bits per heavy atom. The molecule has 21 heavy (non-hydrogen) atoms. The molecule has 0 atom stereocenters. The third-order valence-corrected chi connectivity index (χ3v) is 3.96. The molecule has 2 rings (SSSR count). The number of nitrogens with zero attached hydrogens (tertiary/aromatic N) is 3. The van der Waals surface area contributed by atoms with Crippen LogP contribution in [-0.4, -0.2) is 36.0 Å². The van der Waals surface area contributed by atoms with Crippen molar-refractivity contribution in [2.75, 3.05) is 31.1 Å². The number of anilines is 1. The molecule has 0 aliphatic carbocycles. The van der Waals surface area contributed by atoms with Gasteiger partial charge in [-0.25, -0.2) is 4.68 Å². The van der Waals surface area contributed by atoms with E-state index in [4.69, 9.17) is 0 Å². The lowest BCUT2D eigenvalue weighted by Gasteiger charge is -2.17. The largest absolute Gasteiger partial charge is 0.370 e. The van der Waals surface area contributed by atoms with Crippen molar-refractivity contribution in [2.45, 2.75) is 46.1 Å². The minimum atomic E-state index is 0.00313. The summed E-state index contributed by atoms with van der Waals surface area (Å²) in [6.45, 7) is 9.02. The van der Waals surface area contributed by atoms with Gasteiger partial charge < -0.3 is 10.2 Å². The maximum Gasteiger partial charge on any atom is 0.268 e. The minimum Gasteiger partial charge on any atom is -0.370 e. The second-order valence-corrected chi connectivity index (χ2v) is 6.26. The summed E-state index contributed by atoms with van der Waals surface area (Å²) in [5.74, 6) is 0.759. The molecule has 1 aliphatic heterocycles. The normalized spacial score (nSPS) is 15.1. The second kappa shape index (κ2) is 8.17. The minimum absolute atomic E-state index is 0.00313. The van der Waals surface area contributed by atoms with Crippen LogP contribution in [0.5, 0.6) is 0 Å². The zero-order valence-electron chi connectivity index (χ0n) is 13.3. The zero-order chi connectivity index (χ0) is 15.1. The first kappa shape index (κ1) is 16.0. The quantitative estimate of drug-likeness (QED) is 0.743. The fraction of sp³-hybridized carbons (Fsp3) is 0.750. The highest BCUT2D eigenvalue weighted by Gasteiger charge is 2.13. The van der Waals surface area contributed by atoms with Crippen LogP contribution in [-0.2, 0) is 6.54 Å². The molecule has 118 valence electrons. The number of hydrogen-bond donors (Lipinski definition) is 1. The van der Waals surface area contributed by atoms with Crippen LogP contribution >= 0.6 is 0 Å². The summed E-state index contributed by atoms with van der Waals surface area (Å²) >= 11 is 0. The van der Waals surface area contributed by atoms with Crippen LogP contribution in [0.1, 0.15) is 39.5 Å². The molecule has 0 amide bonds. The Kier molecular flexibility index (Phi) is 6.23. The summed E-state index contributed by atoms with van der Waals surface area (Å²) in [5, 5.41) is 7.67. The number of nitrogens with one attached hydrogen (secondary N) is 1. The Bertz CT molecular complexity index is 477. The van der Waals surface area contributed by atoms with E-state index in [1.807, 2.05) is 6.20 Å². The fourth-order valence-corrected chi connectivity index (χ4v) is 2.69. The highest BCUT2D eigenvalue weighted by atomic mass is 16.1. The summed E-state index contributed by atoms with van der Waals surface area (Å²) in [6.07, 6.45) is 6.68. The summed E-state index contributed by atoms with van der Waals surface area (Å²) in [4.78, 5) is 14.3. The van der Waals surface area contributed by atoms with E-state index in [1.54, 1.807) is 10.7 Å². The van der Waals surface area contributed by atoms with E-state index >= 15 is 0 Å². The Hall–Kier alpha value is -1.36. The van der Waals surface area contributed by atoms with Gasteiger partial charge in [-0.05, 0) is 38.1 Å². The molecule has 0 aromatic carbocycles. The molecular weight excluding hydrogens is 264 g/mol. The van der Waals surface area contributed by atoms with E-state index in [9.17, 15) is 4.79 Å². The Morgan fingerprint density at radius 2 is 2.05 bits per heavy atom. The van der Waals surface area contributed by atoms with Crippen molar-refractivity contribution in [1.82, 2.24) is 15.1 Å². The summed E-state index contributed by atoms with van der Waals surface area (Å²) in [7, 11) is 0. The van der Waals surface area contributed by atoms with Crippen LogP contribution < -0.4 is 15.8 Å². The maximum absolute atomic E-state index is 12.1. The number of rotatable bonds is 8. The Balaban J connectivity index is 1.75. The van der Waals surface area contributed by atoms with Crippen molar-refractivity contribution in [1.29, 1.82) is 0 Å². The molecule has 1 N–H and O–H groups in total. The molecular formula is C16H28N4O. The predicted molar refractivity (Wildman–Crippen MR) is 86.9 cm³/mol. The molecule has 0 bridgehead atoms. The van der Waals surface area contributed by atoms with Crippen LogP contribution in [0.2, 0.25) is 0 Å². The second-order valence-electron chi connectivity index (χ2n) is 6.26. The van der Waals surface area contributed by atoms with Gasteiger partial charge in [-0.15, -0.1) is 0 Å². The predicted octanol–water partition coefficient (Wildman–Crippen LogP) is 1.87. The van der Waals surface area contributed by atoms with Gasteiger partial charge in [0.1, 0.15) is 0 Å². The van der Waals surface area contributed by atoms with Crippen LogP contribution in [0.15, 0.2) is 17.1 Å². The van der Waals surface area contributed by atoms with E-state index < -0.39 is 0 Å². The molecule has 1 aromatic rings. The average molecular weight is 292 g/mol. The summed E-state index contributed by atoms with van der Waals surface area (Å²) in [6, 6.07) is 1.72. The van der Waals surface area contributed by atoms with Gasteiger partial charge in [0.05, 0.1) is 18.4 Å². The standard InChI is InChI=1S/C16H28N4O/c1-14(2)6-5-7-17-8-11-20-16(21)12-15(13-18-20)19-9-3-4-10-19/h12-14,17H,3-11H2,1-2H3. The molecule has 5 heteroatoms. The Morgan fingerprint density at radius 1 is 1.29 bits per heavy atom. The lowest BCUT2D eigenvalue weighted by molar-refractivity contribution is 0.496. The van der Waals surface area contributed by atoms with Crippen molar-refractivity contribution in [3.8, 4) is 0 Å². The molecule has 1 fully saturated rings. The zero-order valence-corrected chi connectivity index (χ0v) is 13.3. The summed E-state index contributed by atoms with van der Waals surface area (Å²) in [5.41, 5.74) is 0.974. The van der Waals surface area contributed by atoms with Crippen molar-refractivity contribution in [3.63, 3.8) is 0 Å². The molecule has 0 radical (unpaired) electrons. The highest BCUT2D eigenvalue weighted by molar-refractivity contribution is 5.43. The SMILES string of the molecule is CC(C)CCCNCCn1ncc(N2CCCC2)cc1=O. The third-order valence-electron chi connectivity index (χ3n) is 3.96. The smallest absolute Gasteiger partial charge is 0.268 e. The topological polar surface area (TPSA) is 50.2 Å². The first-order chi connectivity index (χ1) is 10.2. The average Bonchev–Trinajstić information content (AvgIpc) is 2.97. The lowest BCUT2D eigenvalue weighted by Crippen LogP contribution is -2.30. The molecule has 1 aromatic heterocycles. The highest BCUT2D eigenvalue weighted by Crippen LogP contribution is 2.16. The van der Waals surface area contributed by atoms with E-state index in [2.05, 4.69) is 29.2 Å². The van der Waals surface area contributed by atoms with E-state index in [1.165, 1.54) is 25.7 Å². The fourth-order valence-electron chi connectivity index (χ4n) is 2.69. The number of hydrogen-bond acceptors (Lipinski definition) is 4. The van der Waals surface area contributed by atoms with Crippen molar-refractivity contribution in [3.05, 3.63) is 22.6 Å². The molecule has 1 aliphatic rings. The van der Waals surface area contributed by atoms with Gasteiger partial charge >= 0.3 is 0 Å². The van der Waals surface area contributed by atoms with Crippen LogP contribution in [0.25, 0.3) is 0 Å². The summed E-state index contributed by atoms with van der Waals surface area (Å²) < 4.78 is 1.55. The van der Waals surface area contributed by atoms with Gasteiger partial charge in [0.15, 0.2) is 0 Å². The van der Waals surface area contributed by atoms with E-state index in [0.29, 0.717) is 6.54 Å². The first-order valence-electron chi connectivity index (χ1n) is 8.19. The van der Waals surface area contributed by atoms with Crippen LogP contribution in [0.4, 0.5) is 5.69 Å². The third kappa shape index (κ3) is 5.16. The van der Waals surface area contributed by atoms with Gasteiger partial charge in [-0.1, -0.05) is 13.8 Å². The monoisotopic (exact) mass is 292 g/mol. The van der Waals surface area contributed by atoms with Gasteiger partial charge in [-0.2, -0.15) is 5.10 Å². The lowest BCUT2D eigenvalue weighted by atomic mass is 10.1. The molecule has 5 nitrogen and oxygen atoms in total. The Labute approximate surface area is 127 Å². The molecule has 0 spiro atoms. The molecule has 0 unspecified atom stereocenters. The molecule has 0 saturated carbocycles. The van der Waals surface area contributed by atoms with Crippen LogP contribution in [0.3, 0.4) is 0 Å². The maximum atomic E-state index is 12.1. The van der Waals surface area contributed by atoms with Crippen LogP contribution in [0, 0.1) is 5.92 Å². The molecule has 1 saturated heterocycles. The first-order valence-corrected chi connectivity index (χ1v) is 8.19. The van der Waals surface area contributed by atoms with Crippen molar-refractivity contribution < 1.29 is 0 Å². The van der Waals surface area contributed by atoms with Gasteiger partial charge in [0, 0.05) is 25.7 Å². The van der Waals surface area contributed by atoms with E-state index in [0.717, 1.165) is 37.8 Å². The van der Waals surface area contributed by atoms with Gasteiger partial charge in [0.2, 0.25) is 0 Å².